The Morgan fingerprint density at radius 2 is 1.69 bits per heavy atom. The van der Waals surface area contributed by atoms with Gasteiger partial charge in [0.25, 0.3) is 0 Å². The fourth-order valence-electron chi connectivity index (χ4n) is 5.08. The molecule has 0 aliphatic carbocycles. The molecule has 2 atom stereocenters. The van der Waals surface area contributed by atoms with Crippen molar-refractivity contribution >= 4 is 17.5 Å². The van der Waals surface area contributed by atoms with E-state index in [9.17, 15) is 0 Å². The molecule has 2 fully saturated rings. The first-order valence-electron chi connectivity index (χ1n) is 11.9. The van der Waals surface area contributed by atoms with Crippen LogP contribution in [0.3, 0.4) is 0 Å². The van der Waals surface area contributed by atoms with Crippen LogP contribution in [0, 0.1) is 11.8 Å². The molecule has 2 unspecified atom stereocenters. The Morgan fingerprint density at radius 3 is 2.44 bits per heavy atom. The summed E-state index contributed by atoms with van der Waals surface area (Å²) in [4.78, 5) is 14.7. The lowest BCUT2D eigenvalue weighted by Gasteiger charge is -2.35. The van der Waals surface area contributed by atoms with Crippen LogP contribution in [0.4, 0.5) is 17.5 Å². The number of rotatable bonds is 5. The number of fused-ring (bicyclic) bond motifs is 1. The van der Waals surface area contributed by atoms with Crippen LogP contribution in [-0.2, 0) is 19.6 Å². The Balaban J connectivity index is 1.35. The van der Waals surface area contributed by atoms with Crippen molar-refractivity contribution in [1.82, 2.24) is 20.2 Å². The Hall–Kier alpha value is -2.58. The van der Waals surface area contributed by atoms with E-state index in [2.05, 4.69) is 68.8 Å². The van der Waals surface area contributed by atoms with Gasteiger partial charge in [-0.2, -0.15) is 15.2 Å². The van der Waals surface area contributed by atoms with Gasteiger partial charge in [0.2, 0.25) is 5.95 Å². The van der Waals surface area contributed by atoms with E-state index in [1.165, 1.54) is 12.0 Å². The van der Waals surface area contributed by atoms with E-state index in [1.54, 1.807) is 0 Å². The minimum atomic E-state index is 0.530. The van der Waals surface area contributed by atoms with Crippen molar-refractivity contribution < 1.29 is 0 Å². The van der Waals surface area contributed by atoms with Crippen LogP contribution in [0.1, 0.15) is 37.1 Å². The molecule has 4 heterocycles. The predicted molar refractivity (Wildman–Crippen MR) is 127 cm³/mol. The fraction of sp³-hybridized carbons (Fsp3) is 0.583. The highest BCUT2D eigenvalue weighted by Crippen LogP contribution is 2.30. The topological polar surface area (TPSA) is 81.0 Å². The lowest BCUT2D eigenvalue weighted by atomic mass is 9.92. The number of piperidine rings is 1. The van der Waals surface area contributed by atoms with Crippen molar-refractivity contribution in [2.45, 2.75) is 39.9 Å². The molecule has 170 valence electrons. The Labute approximate surface area is 190 Å². The monoisotopic (exact) mass is 434 g/mol. The van der Waals surface area contributed by atoms with Gasteiger partial charge in [-0.25, -0.2) is 4.98 Å². The first-order valence-corrected chi connectivity index (χ1v) is 11.9. The van der Waals surface area contributed by atoms with Gasteiger partial charge in [-0.15, -0.1) is 0 Å². The summed E-state index contributed by atoms with van der Waals surface area (Å²) in [5.74, 6) is 2.98. The molecular weight excluding hydrogens is 400 g/mol. The number of aromatic nitrogens is 2. The molecule has 0 radical (unpaired) electrons. The highest BCUT2D eigenvalue weighted by molar-refractivity contribution is 5.62. The average molecular weight is 435 g/mol. The quantitative estimate of drug-likeness (QED) is 0.749. The molecule has 2 aromatic rings. The van der Waals surface area contributed by atoms with E-state index in [0.717, 1.165) is 74.5 Å². The Kier molecular flexibility index (Phi) is 6.32. The van der Waals surface area contributed by atoms with E-state index in [1.807, 2.05) is 0 Å². The van der Waals surface area contributed by atoms with Gasteiger partial charge in [0, 0.05) is 57.1 Å². The molecule has 3 aliphatic rings. The van der Waals surface area contributed by atoms with Crippen LogP contribution in [0.15, 0.2) is 34.5 Å². The van der Waals surface area contributed by atoms with Crippen LogP contribution < -0.4 is 15.5 Å². The molecule has 5 rings (SSSR count). The van der Waals surface area contributed by atoms with E-state index >= 15 is 0 Å². The summed E-state index contributed by atoms with van der Waals surface area (Å²) in [7, 11) is 0. The molecule has 2 N–H and O–H groups in total. The van der Waals surface area contributed by atoms with Gasteiger partial charge < -0.3 is 15.5 Å². The molecule has 1 aromatic heterocycles. The zero-order valence-corrected chi connectivity index (χ0v) is 19.2. The fourth-order valence-corrected chi connectivity index (χ4v) is 5.08. The third-order valence-corrected chi connectivity index (χ3v) is 6.61. The molecule has 0 spiro atoms. The number of hydrogen-bond acceptors (Lipinski definition) is 8. The summed E-state index contributed by atoms with van der Waals surface area (Å²) in [6.45, 7) is 13.1. The summed E-state index contributed by atoms with van der Waals surface area (Å²) in [6, 6.07) is 8.74. The van der Waals surface area contributed by atoms with Crippen LogP contribution >= 0.6 is 0 Å². The third-order valence-electron chi connectivity index (χ3n) is 6.61. The summed E-state index contributed by atoms with van der Waals surface area (Å²) in [6.07, 6.45) is 1.26. The van der Waals surface area contributed by atoms with Crippen molar-refractivity contribution in [2.24, 2.45) is 22.1 Å². The number of anilines is 3. The van der Waals surface area contributed by atoms with Gasteiger partial charge in [-0.05, 0) is 36.0 Å². The van der Waals surface area contributed by atoms with Gasteiger partial charge in [0.15, 0.2) is 0 Å². The third kappa shape index (κ3) is 4.91. The number of benzene rings is 1. The maximum absolute atomic E-state index is 4.98. The van der Waals surface area contributed by atoms with Crippen molar-refractivity contribution in [3.05, 3.63) is 41.1 Å². The lowest BCUT2D eigenvalue weighted by Crippen LogP contribution is -2.42. The van der Waals surface area contributed by atoms with Crippen LogP contribution in [0.25, 0.3) is 0 Å². The van der Waals surface area contributed by atoms with Crippen molar-refractivity contribution in [3.63, 3.8) is 0 Å². The molecule has 32 heavy (non-hydrogen) atoms. The SMILES string of the molecule is CC1CC(C)CN(c2nc3c(c(Nc4ccc(CN5CCNCC5)cc4)n2)CN=NC3)C1. The number of nitrogens with one attached hydrogen (secondary N) is 2. The van der Waals surface area contributed by atoms with Crippen molar-refractivity contribution in [3.8, 4) is 0 Å². The smallest absolute Gasteiger partial charge is 0.227 e. The summed E-state index contributed by atoms with van der Waals surface area (Å²) in [5.41, 5.74) is 4.44. The van der Waals surface area contributed by atoms with Gasteiger partial charge in [0.1, 0.15) is 12.4 Å². The van der Waals surface area contributed by atoms with Gasteiger partial charge in [-0.1, -0.05) is 26.0 Å². The molecular formula is C24H34N8. The highest BCUT2D eigenvalue weighted by atomic mass is 15.3. The molecule has 8 heteroatoms. The molecule has 0 saturated carbocycles. The maximum atomic E-state index is 4.98. The number of nitrogens with zero attached hydrogens (tertiary/aromatic N) is 6. The van der Waals surface area contributed by atoms with Crippen LogP contribution in [0.2, 0.25) is 0 Å². The van der Waals surface area contributed by atoms with Gasteiger partial charge >= 0.3 is 0 Å². The normalized spacial score (nSPS) is 23.8. The zero-order chi connectivity index (χ0) is 21.9. The molecule has 8 nitrogen and oxygen atoms in total. The van der Waals surface area contributed by atoms with Crippen molar-refractivity contribution in [1.29, 1.82) is 0 Å². The van der Waals surface area contributed by atoms with E-state index in [4.69, 9.17) is 9.97 Å². The average Bonchev–Trinajstić information content (AvgIpc) is 2.80. The van der Waals surface area contributed by atoms with Gasteiger partial charge in [0.05, 0.1) is 12.2 Å². The highest BCUT2D eigenvalue weighted by Gasteiger charge is 2.26. The second-order valence-electron chi connectivity index (χ2n) is 9.60. The molecule has 1 aromatic carbocycles. The summed E-state index contributed by atoms with van der Waals surface area (Å²) < 4.78 is 0. The Morgan fingerprint density at radius 1 is 0.969 bits per heavy atom. The Bertz CT molecular complexity index is 941. The van der Waals surface area contributed by atoms with Crippen molar-refractivity contribution in [2.75, 3.05) is 49.5 Å². The molecule has 0 amide bonds. The largest absolute Gasteiger partial charge is 0.340 e. The first-order chi connectivity index (χ1) is 15.6. The van der Waals surface area contributed by atoms with Crippen LogP contribution in [-0.4, -0.2) is 54.1 Å². The van der Waals surface area contributed by atoms with Crippen LogP contribution in [0.5, 0.6) is 0 Å². The minimum absolute atomic E-state index is 0.530. The molecule has 0 bridgehead atoms. The van der Waals surface area contributed by atoms with E-state index < -0.39 is 0 Å². The van der Waals surface area contributed by atoms with E-state index in [0.29, 0.717) is 24.9 Å². The van der Waals surface area contributed by atoms with Gasteiger partial charge in [-0.3, -0.25) is 4.90 Å². The minimum Gasteiger partial charge on any atom is -0.340 e. The lowest BCUT2D eigenvalue weighted by molar-refractivity contribution is 0.233. The molecule has 2 saturated heterocycles. The number of azo groups is 1. The maximum Gasteiger partial charge on any atom is 0.227 e. The zero-order valence-electron chi connectivity index (χ0n) is 19.2. The second kappa shape index (κ2) is 9.50. The second-order valence-corrected chi connectivity index (χ2v) is 9.60. The summed E-state index contributed by atoms with van der Waals surface area (Å²) >= 11 is 0. The molecule has 3 aliphatic heterocycles. The number of hydrogen-bond donors (Lipinski definition) is 2. The number of piperazine rings is 1. The first kappa shape index (κ1) is 21.3. The predicted octanol–water partition coefficient (Wildman–Crippen LogP) is 3.57. The standard InChI is InChI=1S/C24H34N8/c1-17-11-18(2)15-32(14-17)24-29-22-13-27-26-12-21(22)23(30-24)28-20-5-3-19(4-6-20)16-31-9-7-25-8-10-31/h3-6,17-18,25H,7-16H2,1-2H3,(H,28,29,30). The van der Waals surface area contributed by atoms with E-state index in [-0.39, 0.29) is 0 Å². The summed E-state index contributed by atoms with van der Waals surface area (Å²) in [5, 5.41) is 15.5.